The van der Waals surface area contributed by atoms with Crippen molar-refractivity contribution in [1.29, 1.82) is 0 Å². The van der Waals surface area contributed by atoms with Crippen LogP contribution >= 0.6 is 0 Å². The molecular formula is C17H28N2O. The molecule has 20 heavy (non-hydrogen) atoms. The van der Waals surface area contributed by atoms with E-state index in [1.807, 2.05) is 18.7 Å². The lowest BCUT2D eigenvalue weighted by atomic mass is 9.71. The summed E-state index contributed by atoms with van der Waals surface area (Å²) in [6, 6.07) is 0. The molecule has 2 aliphatic rings. The molecule has 3 nitrogen and oxygen atoms in total. The molecule has 0 aromatic carbocycles. The van der Waals surface area contributed by atoms with Crippen LogP contribution in [-0.2, 0) is 4.79 Å². The summed E-state index contributed by atoms with van der Waals surface area (Å²) in [6.07, 6.45) is 2.44. The third-order valence-corrected chi connectivity index (χ3v) is 4.47. The third-order valence-electron chi connectivity index (χ3n) is 4.47. The molecule has 2 saturated heterocycles. The van der Waals surface area contributed by atoms with Crippen molar-refractivity contribution in [2.45, 2.75) is 40.5 Å². The normalized spacial score (nSPS) is 21.8. The lowest BCUT2D eigenvalue weighted by Crippen LogP contribution is -2.62. The molecule has 0 N–H and O–H groups in total. The zero-order valence-corrected chi connectivity index (χ0v) is 13.4. The van der Waals surface area contributed by atoms with Crippen LogP contribution in [0.1, 0.15) is 40.5 Å². The average Bonchev–Trinajstić information content (AvgIpc) is 2.35. The van der Waals surface area contributed by atoms with Gasteiger partial charge in [-0.2, -0.15) is 0 Å². The highest BCUT2D eigenvalue weighted by Crippen LogP contribution is 2.40. The van der Waals surface area contributed by atoms with Crippen molar-refractivity contribution in [2.75, 3.05) is 32.7 Å². The molecule has 0 saturated carbocycles. The van der Waals surface area contributed by atoms with Gasteiger partial charge in [-0.15, -0.1) is 0 Å². The molecule has 0 radical (unpaired) electrons. The molecule has 2 heterocycles. The molecule has 0 aromatic heterocycles. The Balaban J connectivity index is 1.74. The minimum atomic E-state index is 0.138. The van der Waals surface area contributed by atoms with Crippen molar-refractivity contribution in [3.63, 3.8) is 0 Å². The van der Waals surface area contributed by atoms with Gasteiger partial charge >= 0.3 is 0 Å². The second kappa shape index (κ2) is 6.18. The largest absolute Gasteiger partial charge is 0.341 e. The Hall–Kier alpha value is -1.01. The van der Waals surface area contributed by atoms with E-state index in [9.17, 15) is 4.79 Å². The molecular weight excluding hydrogens is 248 g/mol. The van der Waals surface area contributed by atoms with Gasteiger partial charge in [0, 0.05) is 30.3 Å². The minimum absolute atomic E-state index is 0.138. The maximum Gasteiger partial charge on any atom is 0.225 e. The maximum atomic E-state index is 11.9. The lowest BCUT2D eigenvalue weighted by Gasteiger charge is -2.54. The number of hydrogen-bond acceptors (Lipinski definition) is 2. The van der Waals surface area contributed by atoms with E-state index in [4.69, 9.17) is 0 Å². The first-order valence-electron chi connectivity index (χ1n) is 7.91. The van der Waals surface area contributed by atoms with Crippen LogP contribution < -0.4 is 0 Å². The lowest BCUT2D eigenvalue weighted by molar-refractivity contribution is -0.150. The van der Waals surface area contributed by atoms with Crippen molar-refractivity contribution in [3.8, 4) is 11.8 Å². The zero-order chi connectivity index (χ0) is 14.8. The first-order chi connectivity index (χ1) is 9.42. The van der Waals surface area contributed by atoms with E-state index in [0.717, 1.165) is 32.7 Å². The number of rotatable bonds is 2. The van der Waals surface area contributed by atoms with Crippen LogP contribution in [0, 0.1) is 29.1 Å². The third kappa shape index (κ3) is 3.55. The fourth-order valence-corrected chi connectivity index (χ4v) is 3.15. The van der Waals surface area contributed by atoms with Gasteiger partial charge in [-0.1, -0.05) is 39.5 Å². The van der Waals surface area contributed by atoms with Gasteiger partial charge in [-0.25, -0.2) is 0 Å². The van der Waals surface area contributed by atoms with Crippen LogP contribution in [0.3, 0.4) is 0 Å². The number of carbonyl (C=O) groups is 1. The molecule has 0 aliphatic carbocycles. The summed E-state index contributed by atoms with van der Waals surface area (Å²) in [4.78, 5) is 16.4. The second-order valence-electron chi connectivity index (χ2n) is 7.10. The van der Waals surface area contributed by atoms with E-state index >= 15 is 0 Å². The van der Waals surface area contributed by atoms with Gasteiger partial charge in [-0.3, -0.25) is 9.69 Å². The van der Waals surface area contributed by atoms with Crippen LogP contribution in [0.15, 0.2) is 0 Å². The Morgan fingerprint density at radius 2 is 1.75 bits per heavy atom. The van der Waals surface area contributed by atoms with Gasteiger partial charge < -0.3 is 4.90 Å². The highest BCUT2D eigenvalue weighted by molar-refractivity contribution is 5.79. The van der Waals surface area contributed by atoms with E-state index in [2.05, 4.69) is 30.6 Å². The standard InChI is InChI=1S/C17H28N2O/c1-14(2)6-5-9-18-10-7-17(8-11-18)12-19(13-17)16(20)15(3)4/h14-15H,7-13H2,1-4H3. The van der Waals surface area contributed by atoms with Crippen LogP contribution in [0.5, 0.6) is 0 Å². The summed E-state index contributed by atoms with van der Waals surface area (Å²) in [6.45, 7) is 13.4. The summed E-state index contributed by atoms with van der Waals surface area (Å²) in [5, 5.41) is 0. The molecule has 1 amide bonds. The van der Waals surface area contributed by atoms with Crippen molar-refractivity contribution >= 4 is 5.91 Å². The molecule has 3 heteroatoms. The molecule has 1 spiro atoms. The van der Waals surface area contributed by atoms with Crippen LogP contribution in [0.4, 0.5) is 0 Å². The van der Waals surface area contributed by atoms with Crippen LogP contribution in [0.25, 0.3) is 0 Å². The zero-order valence-electron chi connectivity index (χ0n) is 13.4. The number of amides is 1. The minimum Gasteiger partial charge on any atom is -0.341 e. The summed E-state index contributed by atoms with van der Waals surface area (Å²) in [7, 11) is 0. The smallest absolute Gasteiger partial charge is 0.225 e. The van der Waals surface area contributed by atoms with Gasteiger partial charge in [0.25, 0.3) is 0 Å². The maximum absolute atomic E-state index is 11.9. The predicted molar refractivity (Wildman–Crippen MR) is 82.1 cm³/mol. The van der Waals surface area contributed by atoms with Gasteiger partial charge in [0.15, 0.2) is 0 Å². The fourth-order valence-electron chi connectivity index (χ4n) is 3.15. The molecule has 0 atom stereocenters. The number of hydrogen-bond donors (Lipinski definition) is 0. The Morgan fingerprint density at radius 1 is 1.15 bits per heavy atom. The SMILES string of the molecule is CC(C)C#CCN1CCC2(CC1)CN(C(=O)C(C)C)C2. The van der Waals surface area contributed by atoms with Gasteiger partial charge in [0.1, 0.15) is 0 Å². The van der Waals surface area contributed by atoms with E-state index in [-0.39, 0.29) is 5.92 Å². The summed E-state index contributed by atoms with van der Waals surface area (Å²) in [5.41, 5.74) is 0.423. The Bertz CT molecular complexity index is 400. The Kier molecular flexibility index (Phi) is 4.75. The first kappa shape index (κ1) is 15.4. The number of carbonyl (C=O) groups excluding carboxylic acids is 1. The second-order valence-corrected chi connectivity index (χ2v) is 7.10. The quantitative estimate of drug-likeness (QED) is 0.722. The molecule has 2 aliphatic heterocycles. The number of likely N-dealkylation sites (tertiary alicyclic amines) is 2. The summed E-state index contributed by atoms with van der Waals surface area (Å²) >= 11 is 0. The van der Waals surface area contributed by atoms with Crippen molar-refractivity contribution in [1.82, 2.24) is 9.80 Å². The molecule has 0 bridgehead atoms. The van der Waals surface area contributed by atoms with E-state index in [1.165, 1.54) is 12.8 Å². The van der Waals surface area contributed by atoms with E-state index < -0.39 is 0 Å². The molecule has 2 fully saturated rings. The highest BCUT2D eigenvalue weighted by Gasteiger charge is 2.46. The Morgan fingerprint density at radius 3 is 2.25 bits per heavy atom. The molecule has 0 aromatic rings. The monoisotopic (exact) mass is 276 g/mol. The number of piperidine rings is 1. The van der Waals surface area contributed by atoms with E-state index in [1.54, 1.807) is 0 Å². The Labute approximate surface area is 123 Å². The molecule has 112 valence electrons. The highest BCUT2D eigenvalue weighted by atomic mass is 16.2. The van der Waals surface area contributed by atoms with Gasteiger partial charge in [0.05, 0.1) is 6.54 Å². The van der Waals surface area contributed by atoms with Crippen molar-refractivity contribution in [3.05, 3.63) is 0 Å². The van der Waals surface area contributed by atoms with Crippen molar-refractivity contribution < 1.29 is 4.79 Å². The van der Waals surface area contributed by atoms with Gasteiger partial charge in [-0.05, 0) is 25.9 Å². The van der Waals surface area contributed by atoms with Crippen LogP contribution in [0.2, 0.25) is 0 Å². The van der Waals surface area contributed by atoms with Crippen LogP contribution in [-0.4, -0.2) is 48.4 Å². The van der Waals surface area contributed by atoms with Gasteiger partial charge in [0.2, 0.25) is 5.91 Å². The number of nitrogens with zero attached hydrogens (tertiary/aromatic N) is 2. The molecule has 0 unspecified atom stereocenters. The summed E-state index contributed by atoms with van der Waals surface area (Å²) in [5.74, 6) is 7.43. The van der Waals surface area contributed by atoms with Crippen molar-refractivity contribution in [2.24, 2.45) is 17.3 Å². The predicted octanol–water partition coefficient (Wildman–Crippen LogP) is 2.23. The molecule has 2 rings (SSSR count). The topological polar surface area (TPSA) is 23.6 Å². The van der Waals surface area contributed by atoms with E-state index in [0.29, 0.717) is 17.2 Å². The fraction of sp³-hybridized carbons (Fsp3) is 0.824. The average molecular weight is 276 g/mol. The summed E-state index contributed by atoms with van der Waals surface area (Å²) < 4.78 is 0. The first-order valence-corrected chi connectivity index (χ1v) is 7.91.